The molecular formula is C20H25ClN4. The zero-order valence-electron chi connectivity index (χ0n) is 14.9. The largest absolute Gasteiger partial charge is 0.341 e. The highest BCUT2D eigenvalue weighted by molar-refractivity contribution is 6.30. The van der Waals surface area contributed by atoms with Crippen molar-refractivity contribution >= 4 is 17.5 Å². The quantitative estimate of drug-likeness (QED) is 0.825. The molecule has 0 N–H and O–H groups in total. The molecule has 2 aliphatic rings. The van der Waals surface area contributed by atoms with Crippen LogP contribution in [-0.2, 0) is 0 Å². The van der Waals surface area contributed by atoms with Crippen LogP contribution >= 0.6 is 11.6 Å². The number of halogens is 1. The fourth-order valence-electron chi connectivity index (χ4n) is 4.49. The molecule has 4 nitrogen and oxygen atoms in total. The van der Waals surface area contributed by atoms with Crippen LogP contribution in [0.15, 0.2) is 42.7 Å². The van der Waals surface area contributed by atoms with Gasteiger partial charge in [-0.1, -0.05) is 23.7 Å². The van der Waals surface area contributed by atoms with E-state index in [1.54, 1.807) is 0 Å². The molecule has 132 valence electrons. The lowest BCUT2D eigenvalue weighted by molar-refractivity contribution is -0.111. The molecule has 1 spiro atoms. The summed E-state index contributed by atoms with van der Waals surface area (Å²) in [7, 11) is 0. The summed E-state index contributed by atoms with van der Waals surface area (Å²) in [6.07, 6.45) is 6.02. The highest BCUT2D eigenvalue weighted by Crippen LogP contribution is 2.55. The van der Waals surface area contributed by atoms with Crippen molar-refractivity contribution in [2.75, 3.05) is 24.5 Å². The number of piperidine rings is 1. The van der Waals surface area contributed by atoms with E-state index in [0.29, 0.717) is 17.5 Å². The van der Waals surface area contributed by atoms with Crippen LogP contribution < -0.4 is 4.90 Å². The number of anilines is 1. The molecule has 0 aliphatic carbocycles. The van der Waals surface area contributed by atoms with E-state index in [1.165, 1.54) is 24.9 Å². The van der Waals surface area contributed by atoms with Crippen molar-refractivity contribution in [1.82, 2.24) is 14.9 Å². The smallest absolute Gasteiger partial charge is 0.225 e. The number of hydrogen-bond donors (Lipinski definition) is 0. The second-order valence-corrected chi connectivity index (χ2v) is 8.05. The lowest BCUT2D eigenvalue weighted by Gasteiger charge is -2.62. The van der Waals surface area contributed by atoms with E-state index < -0.39 is 0 Å². The Morgan fingerprint density at radius 2 is 1.72 bits per heavy atom. The molecule has 2 saturated heterocycles. The van der Waals surface area contributed by atoms with Crippen molar-refractivity contribution in [3.63, 3.8) is 0 Å². The van der Waals surface area contributed by atoms with Crippen molar-refractivity contribution in [3.05, 3.63) is 53.3 Å². The van der Waals surface area contributed by atoms with Crippen molar-refractivity contribution in [3.8, 4) is 0 Å². The summed E-state index contributed by atoms with van der Waals surface area (Å²) in [5.41, 5.74) is 1.76. The molecule has 25 heavy (non-hydrogen) atoms. The van der Waals surface area contributed by atoms with Gasteiger partial charge in [0.15, 0.2) is 0 Å². The SMILES string of the molecule is CC(C)N1CC2(CCN(c3ncccn3)CC2)C1c1ccc(Cl)cc1. The predicted octanol–water partition coefficient (Wildman–Crippen LogP) is 4.18. The zero-order valence-corrected chi connectivity index (χ0v) is 15.7. The summed E-state index contributed by atoms with van der Waals surface area (Å²) in [6.45, 7) is 7.83. The van der Waals surface area contributed by atoms with Gasteiger partial charge in [-0.3, -0.25) is 4.90 Å². The molecule has 1 unspecified atom stereocenters. The van der Waals surface area contributed by atoms with Crippen LogP contribution in [0, 0.1) is 5.41 Å². The number of likely N-dealkylation sites (tertiary alicyclic amines) is 1. The van der Waals surface area contributed by atoms with E-state index >= 15 is 0 Å². The maximum atomic E-state index is 6.11. The molecule has 0 amide bonds. The Bertz CT molecular complexity index is 708. The van der Waals surface area contributed by atoms with Crippen molar-refractivity contribution in [2.45, 2.75) is 38.8 Å². The predicted molar refractivity (Wildman–Crippen MR) is 102 cm³/mol. The van der Waals surface area contributed by atoms with Crippen molar-refractivity contribution < 1.29 is 0 Å². The molecule has 0 radical (unpaired) electrons. The topological polar surface area (TPSA) is 32.3 Å². The number of aromatic nitrogens is 2. The maximum Gasteiger partial charge on any atom is 0.225 e. The summed E-state index contributed by atoms with van der Waals surface area (Å²) < 4.78 is 0. The third-order valence-corrected chi connectivity index (χ3v) is 6.10. The third kappa shape index (κ3) is 3.02. The Kier molecular flexibility index (Phi) is 4.42. The van der Waals surface area contributed by atoms with Crippen LogP contribution in [0.1, 0.15) is 38.3 Å². The van der Waals surface area contributed by atoms with Crippen LogP contribution in [0.3, 0.4) is 0 Å². The molecule has 2 aliphatic heterocycles. The normalized spacial score (nSPS) is 23.0. The molecule has 2 fully saturated rings. The Morgan fingerprint density at radius 3 is 2.32 bits per heavy atom. The third-order valence-electron chi connectivity index (χ3n) is 5.85. The van der Waals surface area contributed by atoms with Gasteiger partial charge >= 0.3 is 0 Å². The van der Waals surface area contributed by atoms with Crippen LogP contribution in [-0.4, -0.2) is 40.5 Å². The lowest BCUT2D eigenvalue weighted by atomic mass is 9.62. The van der Waals surface area contributed by atoms with Gasteiger partial charge in [0, 0.05) is 54.5 Å². The molecule has 2 aromatic rings. The number of nitrogens with zero attached hydrogens (tertiary/aromatic N) is 4. The second-order valence-electron chi connectivity index (χ2n) is 7.62. The van der Waals surface area contributed by atoms with Gasteiger partial charge < -0.3 is 4.90 Å². The Balaban J connectivity index is 1.54. The van der Waals surface area contributed by atoms with Crippen molar-refractivity contribution in [2.24, 2.45) is 5.41 Å². The first-order valence-corrected chi connectivity index (χ1v) is 9.50. The van der Waals surface area contributed by atoms with E-state index in [0.717, 1.165) is 24.1 Å². The Hall–Kier alpha value is -1.65. The van der Waals surface area contributed by atoms with Crippen molar-refractivity contribution in [1.29, 1.82) is 0 Å². The van der Waals surface area contributed by atoms with Gasteiger partial charge in [0.1, 0.15) is 0 Å². The molecule has 3 heterocycles. The first-order valence-electron chi connectivity index (χ1n) is 9.12. The van der Waals surface area contributed by atoms with Crippen LogP contribution in [0.25, 0.3) is 0 Å². The molecule has 5 heteroatoms. The summed E-state index contributed by atoms with van der Waals surface area (Å²) >= 11 is 6.11. The first kappa shape index (κ1) is 16.8. The molecule has 1 aromatic carbocycles. The minimum atomic E-state index is 0.364. The van der Waals surface area contributed by atoms with E-state index in [2.05, 4.69) is 45.7 Å². The van der Waals surface area contributed by atoms with Gasteiger partial charge in [0.2, 0.25) is 5.95 Å². The van der Waals surface area contributed by atoms with E-state index in [4.69, 9.17) is 11.6 Å². The van der Waals surface area contributed by atoms with Gasteiger partial charge in [-0.15, -0.1) is 0 Å². The molecule has 1 atom stereocenters. The first-order chi connectivity index (χ1) is 12.1. The second kappa shape index (κ2) is 6.58. The summed E-state index contributed by atoms with van der Waals surface area (Å²) in [6, 6.07) is 11.4. The summed E-state index contributed by atoms with van der Waals surface area (Å²) in [5.74, 6) is 0.862. The summed E-state index contributed by atoms with van der Waals surface area (Å²) in [5, 5.41) is 0.810. The molecule has 4 rings (SSSR count). The number of benzene rings is 1. The Morgan fingerprint density at radius 1 is 1.08 bits per heavy atom. The number of hydrogen-bond acceptors (Lipinski definition) is 4. The van der Waals surface area contributed by atoms with E-state index in [-0.39, 0.29) is 0 Å². The van der Waals surface area contributed by atoms with Gasteiger partial charge in [0.05, 0.1) is 0 Å². The van der Waals surface area contributed by atoms with E-state index in [1.807, 2.05) is 30.6 Å². The van der Waals surface area contributed by atoms with E-state index in [9.17, 15) is 0 Å². The zero-order chi connectivity index (χ0) is 17.4. The monoisotopic (exact) mass is 356 g/mol. The molecule has 0 bridgehead atoms. The highest BCUT2D eigenvalue weighted by atomic mass is 35.5. The fraction of sp³-hybridized carbons (Fsp3) is 0.500. The fourth-order valence-corrected chi connectivity index (χ4v) is 4.62. The minimum absolute atomic E-state index is 0.364. The van der Waals surface area contributed by atoms with Gasteiger partial charge in [-0.2, -0.15) is 0 Å². The lowest BCUT2D eigenvalue weighted by Crippen LogP contribution is -2.63. The Labute approximate surface area is 154 Å². The average Bonchev–Trinajstić information content (AvgIpc) is 2.62. The highest BCUT2D eigenvalue weighted by Gasteiger charge is 2.54. The number of rotatable bonds is 3. The van der Waals surface area contributed by atoms with Crippen LogP contribution in [0.4, 0.5) is 5.95 Å². The molecule has 0 saturated carbocycles. The molecular weight excluding hydrogens is 332 g/mol. The average molecular weight is 357 g/mol. The summed E-state index contributed by atoms with van der Waals surface area (Å²) in [4.78, 5) is 13.8. The van der Waals surface area contributed by atoms with Crippen LogP contribution in [0.5, 0.6) is 0 Å². The van der Waals surface area contributed by atoms with Gasteiger partial charge in [0.25, 0.3) is 0 Å². The molecule has 1 aromatic heterocycles. The van der Waals surface area contributed by atoms with Gasteiger partial charge in [-0.05, 0) is 50.5 Å². The van der Waals surface area contributed by atoms with Crippen LogP contribution in [0.2, 0.25) is 5.02 Å². The minimum Gasteiger partial charge on any atom is -0.341 e. The van der Waals surface area contributed by atoms with Gasteiger partial charge in [-0.25, -0.2) is 9.97 Å². The standard InChI is InChI=1S/C20H25ClN4/c1-15(2)25-14-20(18(25)16-4-6-17(21)7-5-16)8-12-24(13-9-20)19-22-10-3-11-23-19/h3-7,10-11,15,18H,8-9,12-14H2,1-2H3. The maximum absolute atomic E-state index is 6.11.